The molecule has 5 heteroatoms. The van der Waals surface area contributed by atoms with Gasteiger partial charge in [0.1, 0.15) is 0 Å². The summed E-state index contributed by atoms with van der Waals surface area (Å²) in [5.41, 5.74) is 0.997. The molecule has 0 radical (unpaired) electrons. The Kier molecular flexibility index (Phi) is 4.66. The molecule has 1 unspecified atom stereocenters. The van der Waals surface area contributed by atoms with Crippen LogP contribution >= 0.6 is 23.6 Å². The molecule has 0 bridgehead atoms. The Hall–Kier alpha value is -1.46. The molecule has 2 aromatic rings. The van der Waals surface area contributed by atoms with Crippen LogP contribution in [0, 0.1) is 0 Å². The van der Waals surface area contributed by atoms with E-state index in [4.69, 9.17) is 12.2 Å². The van der Waals surface area contributed by atoms with E-state index >= 15 is 0 Å². The fourth-order valence-electron chi connectivity index (χ4n) is 1.51. The van der Waals surface area contributed by atoms with Crippen molar-refractivity contribution in [1.82, 2.24) is 10.3 Å². The van der Waals surface area contributed by atoms with Crippen LogP contribution in [-0.4, -0.2) is 16.6 Å². The number of rotatable bonds is 4. The number of hydrogen-bond acceptors (Lipinski definition) is 3. The van der Waals surface area contributed by atoms with Gasteiger partial charge in [0.25, 0.3) is 0 Å². The Labute approximate surface area is 116 Å². The first-order valence-electron chi connectivity index (χ1n) is 5.75. The summed E-state index contributed by atoms with van der Waals surface area (Å²) < 4.78 is 0. The number of nitrogens with one attached hydrogen (secondary N) is 2. The van der Waals surface area contributed by atoms with Gasteiger partial charge in [0, 0.05) is 29.7 Å². The van der Waals surface area contributed by atoms with Gasteiger partial charge >= 0.3 is 0 Å². The number of nitrogens with zero attached hydrogens (tertiary/aromatic N) is 1. The van der Waals surface area contributed by atoms with Crippen LogP contribution < -0.4 is 10.6 Å². The van der Waals surface area contributed by atoms with Gasteiger partial charge in [0.05, 0.1) is 5.01 Å². The molecule has 0 fully saturated rings. The van der Waals surface area contributed by atoms with Crippen molar-refractivity contribution < 1.29 is 0 Å². The van der Waals surface area contributed by atoms with Crippen molar-refractivity contribution >= 4 is 34.4 Å². The molecule has 2 N–H and O–H groups in total. The lowest BCUT2D eigenvalue weighted by Crippen LogP contribution is -2.31. The van der Waals surface area contributed by atoms with Crippen LogP contribution in [0.4, 0.5) is 5.69 Å². The second-order valence-corrected chi connectivity index (χ2v) is 5.31. The van der Waals surface area contributed by atoms with Crippen LogP contribution in [0.2, 0.25) is 0 Å². The summed E-state index contributed by atoms with van der Waals surface area (Å²) in [4.78, 5) is 4.29. The molecule has 18 heavy (non-hydrogen) atoms. The lowest BCUT2D eigenvalue weighted by molar-refractivity contribution is 0.718. The summed E-state index contributed by atoms with van der Waals surface area (Å²) >= 11 is 6.92. The van der Waals surface area contributed by atoms with Crippen molar-refractivity contribution in [2.24, 2.45) is 0 Å². The van der Waals surface area contributed by atoms with Crippen molar-refractivity contribution in [1.29, 1.82) is 0 Å². The fraction of sp³-hybridized carbons (Fsp3) is 0.231. The van der Waals surface area contributed by atoms with Gasteiger partial charge in [-0.3, -0.25) is 0 Å². The van der Waals surface area contributed by atoms with Crippen molar-refractivity contribution in [2.45, 2.75) is 12.8 Å². The fourth-order valence-corrected chi connectivity index (χ4v) is 2.41. The van der Waals surface area contributed by atoms with Crippen molar-refractivity contribution in [3.63, 3.8) is 0 Å². The first kappa shape index (κ1) is 13.0. The van der Waals surface area contributed by atoms with Crippen LogP contribution in [0.3, 0.4) is 0 Å². The van der Waals surface area contributed by atoms with Crippen LogP contribution in [0.5, 0.6) is 0 Å². The molecule has 0 aliphatic rings. The van der Waals surface area contributed by atoms with Gasteiger partial charge in [-0.05, 0) is 24.4 Å². The van der Waals surface area contributed by atoms with E-state index in [1.807, 2.05) is 41.9 Å². The molecule has 0 aliphatic carbocycles. The molecule has 0 aliphatic heterocycles. The number of anilines is 1. The van der Waals surface area contributed by atoms with E-state index in [0.29, 0.717) is 11.0 Å². The van der Waals surface area contributed by atoms with Crippen LogP contribution in [0.1, 0.15) is 17.8 Å². The maximum atomic E-state index is 5.24. The topological polar surface area (TPSA) is 37.0 Å². The predicted octanol–water partition coefficient (Wildman–Crippen LogP) is 3.23. The second-order valence-electron chi connectivity index (χ2n) is 3.97. The Morgan fingerprint density at radius 2 is 2.17 bits per heavy atom. The molecule has 0 saturated heterocycles. The highest BCUT2D eigenvalue weighted by Gasteiger charge is 2.08. The number of benzene rings is 1. The summed E-state index contributed by atoms with van der Waals surface area (Å²) in [5.74, 6) is 0.362. The third-order valence-corrected chi connectivity index (χ3v) is 3.73. The van der Waals surface area contributed by atoms with Crippen LogP contribution in [0.25, 0.3) is 0 Å². The van der Waals surface area contributed by atoms with Crippen molar-refractivity contribution in [3.8, 4) is 0 Å². The third kappa shape index (κ3) is 3.78. The standard InChI is InChI=1S/C13H15N3S2/c1-10(12-14-7-8-18-12)9-15-13(17)16-11-5-3-2-4-6-11/h2-8,10H,9H2,1H3,(H2,15,16,17). The van der Waals surface area contributed by atoms with Crippen LogP contribution in [0.15, 0.2) is 41.9 Å². The summed E-state index contributed by atoms with van der Waals surface area (Å²) in [6, 6.07) is 9.90. The van der Waals surface area contributed by atoms with Gasteiger partial charge in [-0.2, -0.15) is 0 Å². The second kappa shape index (κ2) is 6.47. The van der Waals surface area contributed by atoms with Gasteiger partial charge in [-0.1, -0.05) is 25.1 Å². The SMILES string of the molecule is CC(CNC(=S)Nc1ccccc1)c1nccs1. The summed E-state index contributed by atoms with van der Waals surface area (Å²) in [6.45, 7) is 2.92. The predicted molar refractivity (Wildman–Crippen MR) is 81.2 cm³/mol. The summed E-state index contributed by atoms with van der Waals surface area (Å²) in [7, 11) is 0. The molecule has 2 rings (SSSR count). The lowest BCUT2D eigenvalue weighted by Gasteiger charge is -2.13. The number of thiazole rings is 1. The highest BCUT2D eigenvalue weighted by molar-refractivity contribution is 7.80. The maximum Gasteiger partial charge on any atom is 0.170 e. The van der Waals surface area contributed by atoms with Gasteiger partial charge in [0.15, 0.2) is 5.11 Å². The normalized spacial score (nSPS) is 11.8. The van der Waals surface area contributed by atoms with E-state index in [9.17, 15) is 0 Å². The molecule has 0 amide bonds. The smallest absolute Gasteiger partial charge is 0.170 e. The van der Waals surface area contributed by atoms with E-state index in [0.717, 1.165) is 17.2 Å². The Bertz CT molecular complexity index is 482. The zero-order chi connectivity index (χ0) is 12.8. The highest BCUT2D eigenvalue weighted by Crippen LogP contribution is 2.16. The minimum absolute atomic E-state index is 0.362. The van der Waals surface area contributed by atoms with Gasteiger partial charge in [0.2, 0.25) is 0 Å². The molecule has 3 nitrogen and oxygen atoms in total. The maximum absolute atomic E-state index is 5.24. The molecule has 1 atom stereocenters. The van der Waals surface area contributed by atoms with E-state index in [-0.39, 0.29) is 0 Å². The first-order chi connectivity index (χ1) is 8.75. The molecule has 0 saturated carbocycles. The van der Waals surface area contributed by atoms with E-state index in [1.165, 1.54) is 0 Å². The first-order valence-corrected chi connectivity index (χ1v) is 7.04. The third-order valence-electron chi connectivity index (χ3n) is 2.47. The number of aromatic nitrogens is 1. The minimum Gasteiger partial charge on any atom is -0.362 e. The number of para-hydroxylation sites is 1. The molecular weight excluding hydrogens is 262 g/mol. The van der Waals surface area contributed by atoms with Gasteiger partial charge in [-0.15, -0.1) is 11.3 Å². The van der Waals surface area contributed by atoms with E-state index < -0.39 is 0 Å². The van der Waals surface area contributed by atoms with Crippen molar-refractivity contribution in [2.75, 3.05) is 11.9 Å². The van der Waals surface area contributed by atoms with Gasteiger partial charge in [-0.25, -0.2) is 4.98 Å². The largest absolute Gasteiger partial charge is 0.362 e. The monoisotopic (exact) mass is 277 g/mol. The highest BCUT2D eigenvalue weighted by atomic mass is 32.1. The minimum atomic E-state index is 0.362. The Morgan fingerprint density at radius 1 is 1.39 bits per heavy atom. The quantitative estimate of drug-likeness (QED) is 0.841. The zero-order valence-corrected chi connectivity index (χ0v) is 11.7. The lowest BCUT2D eigenvalue weighted by atomic mass is 10.2. The van der Waals surface area contributed by atoms with E-state index in [1.54, 1.807) is 11.3 Å². The molecular formula is C13H15N3S2. The van der Waals surface area contributed by atoms with Crippen LogP contribution in [-0.2, 0) is 0 Å². The molecule has 1 heterocycles. The average Bonchev–Trinajstić information content (AvgIpc) is 2.91. The Balaban J connectivity index is 1.79. The van der Waals surface area contributed by atoms with Crippen molar-refractivity contribution in [3.05, 3.63) is 46.9 Å². The average molecular weight is 277 g/mol. The molecule has 1 aromatic carbocycles. The molecule has 94 valence electrons. The van der Waals surface area contributed by atoms with E-state index in [2.05, 4.69) is 22.5 Å². The van der Waals surface area contributed by atoms with Gasteiger partial charge < -0.3 is 10.6 Å². The Morgan fingerprint density at radius 3 is 2.83 bits per heavy atom. The molecule has 1 aromatic heterocycles. The number of hydrogen-bond donors (Lipinski definition) is 2. The summed E-state index contributed by atoms with van der Waals surface area (Å²) in [6.07, 6.45) is 1.83. The summed E-state index contributed by atoms with van der Waals surface area (Å²) in [5, 5.41) is 10.1. The zero-order valence-electron chi connectivity index (χ0n) is 10.1. The number of thiocarbonyl (C=S) groups is 1. The molecule has 0 spiro atoms.